The van der Waals surface area contributed by atoms with Gasteiger partial charge in [0.15, 0.2) is 0 Å². The highest BCUT2D eigenvalue weighted by Crippen LogP contribution is 2.37. The maximum atomic E-state index is 2.57. The van der Waals surface area contributed by atoms with E-state index in [1.807, 2.05) is 0 Å². The molecule has 0 amide bonds. The van der Waals surface area contributed by atoms with Crippen molar-refractivity contribution >= 4 is 8.07 Å². The molecule has 0 atom stereocenters. The van der Waals surface area contributed by atoms with Gasteiger partial charge in [0, 0.05) is 0 Å². The van der Waals surface area contributed by atoms with Crippen molar-refractivity contribution in [2.45, 2.75) is 65.2 Å². The standard InChI is InChI=1S/C11H26Si/c1-9(2)8-12(7,10(3)4)11(5)6/h9-11H,8H2,1-7H3. The Kier molecular flexibility index (Phi) is 4.53. The molecule has 1 heteroatoms. The van der Waals surface area contributed by atoms with Gasteiger partial charge in [0.1, 0.15) is 0 Å². The highest BCUT2D eigenvalue weighted by atomic mass is 28.3. The van der Waals surface area contributed by atoms with Crippen molar-refractivity contribution < 1.29 is 0 Å². The predicted octanol–water partition coefficient (Wildman–Crippen LogP) is 4.54. The third-order valence-electron chi connectivity index (χ3n) is 3.49. The van der Waals surface area contributed by atoms with Gasteiger partial charge in [-0.25, -0.2) is 0 Å². The molecule has 0 aliphatic carbocycles. The maximum Gasteiger partial charge on any atom is 0.0558 e. The summed E-state index contributed by atoms with van der Waals surface area (Å²) >= 11 is 0. The Morgan fingerprint density at radius 1 is 0.833 bits per heavy atom. The summed E-state index contributed by atoms with van der Waals surface area (Å²) in [6.45, 7) is 16.9. The second kappa shape index (κ2) is 4.45. The summed E-state index contributed by atoms with van der Waals surface area (Å²) < 4.78 is 0. The SMILES string of the molecule is CC(C)C[Si](C)(C(C)C)C(C)C. The van der Waals surface area contributed by atoms with E-state index in [4.69, 9.17) is 0 Å². The Balaban J connectivity index is 4.40. The third-order valence-corrected chi connectivity index (χ3v) is 10.5. The van der Waals surface area contributed by atoms with Crippen molar-refractivity contribution in [3.8, 4) is 0 Å². The molecule has 0 heterocycles. The molecule has 0 bridgehead atoms. The summed E-state index contributed by atoms with van der Waals surface area (Å²) in [5.41, 5.74) is 1.86. The molecule has 0 spiro atoms. The number of hydrogen-bond donors (Lipinski definition) is 0. The lowest BCUT2D eigenvalue weighted by Crippen LogP contribution is -2.38. The fourth-order valence-electron chi connectivity index (χ4n) is 2.02. The molecule has 0 N–H and O–H groups in total. The van der Waals surface area contributed by atoms with Gasteiger partial charge in [-0.15, -0.1) is 0 Å². The van der Waals surface area contributed by atoms with Crippen molar-refractivity contribution in [1.29, 1.82) is 0 Å². The first-order valence-electron chi connectivity index (χ1n) is 5.30. The van der Waals surface area contributed by atoms with Crippen LogP contribution in [0.4, 0.5) is 0 Å². The molecule has 0 aliphatic rings. The zero-order valence-corrected chi connectivity index (χ0v) is 10.9. The minimum absolute atomic E-state index is 0.881. The molecule has 0 radical (unpaired) electrons. The van der Waals surface area contributed by atoms with Crippen molar-refractivity contribution in [3.05, 3.63) is 0 Å². The van der Waals surface area contributed by atoms with Crippen molar-refractivity contribution in [1.82, 2.24) is 0 Å². The zero-order valence-electron chi connectivity index (χ0n) is 9.94. The second-order valence-corrected chi connectivity index (χ2v) is 11.1. The molecule has 0 aliphatic heterocycles. The van der Waals surface area contributed by atoms with E-state index in [0.29, 0.717) is 0 Å². The number of hydrogen-bond acceptors (Lipinski definition) is 0. The van der Waals surface area contributed by atoms with Gasteiger partial charge >= 0.3 is 0 Å². The fourth-order valence-corrected chi connectivity index (χ4v) is 6.05. The molecule has 0 unspecified atom stereocenters. The zero-order chi connectivity index (χ0) is 9.94. The molecular formula is C11H26Si. The summed E-state index contributed by atoms with van der Waals surface area (Å²) in [4.78, 5) is 0. The van der Waals surface area contributed by atoms with Gasteiger partial charge in [-0.3, -0.25) is 0 Å². The van der Waals surface area contributed by atoms with Crippen LogP contribution in [0, 0.1) is 5.92 Å². The predicted molar refractivity (Wildman–Crippen MR) is 61.5 cm³/mol. The van der Waals surface area contributed by atoms with Crippen LogP contribution in [0.2, 0.25) is 23.7 Å². The second-order valence-electron chi connectivity index (χ2n) is 5.41. The molecule has 74 valence electrons. The van der Waals surface area contributed by atoms with Crippen LogP contribution in [0.25, 0.3) is 0 Å². The van der Waals surface area contributed by atoms with E-state index in [1.165, 1.54) is 6.04 Å². The molecule has 0 aromatic rings. The molecule has 0 saturated carbocycles. The van der Waals surface area contributed by atoms with Gasteiger partial charge in [-0.2, -0.15) is 0 Å². The van der Waals surface area contributed by atoms with E-state index in [1.54, 1.807) is 0 Å². The largest absolute Gasteiger partial charge is 0.0688 e. The molecule has 0 saturated heterocycles. The molecule has 0 aromatic carbocycles. The lowest BCUT2D eigenvalue weighted by molar-refractivity contribution is 0.693. The lowest BCUT2D eigenvalue weighted by Gasteiger charge is -2.37. The number of rotatable bonds is 4. The first-order chi connectivity index (χ1) is 5.30. The fraction of sp³-hybridized carbons (Fsp3) is 1.00. The lowest BCUT2D eigenvalue weighted by atomic mass is 10.3. The summed E-state index contributed by atoms with van der Waals surface area (Å²) in [5.74, 6) is 0.881. The molecule has 0 rings (SSSR count). The van der Waals surface area contributed by atoms with Crippen molar-refractivity contribution in [3.63, 3.8) is 0 Å². The van der Waals surface area contributed by atoms with Gasteiger partial charge in [-0.1, -0.05) is 65.2 Å². The Hall–Kier alpha value is 0.217. The molecule has 0 nitrogen and oxygen atoms in total. The maximum absolute atomic E-state index is 2.57. The average Bonchev–Trinajstić information content (AvgIpc) is 1.84. The Morgan fingerprint density at radius 2 is 1.17 bits per heavy atom. The molecule has 0 aromatic heterocycles. The van der Waals surface area contributed by atoms with E-state index in [9.17, 15) is 0 Å². The highest BCUT2D eigenvalue weighted by Gasteiger charge is 2.34. The van der Waals surface area contributed by atoms with Crippen LogP contribution in [0.5, 0.6) is 0 Å². The summed E-state index contributed by atoms with van der Waals surface area (Å²) in [6, 6.07) is 1.49. The Bertz CT molecular complexity index is 117. The van der Waals surface area contributed by atoms with Crippen LogP contribution in [-0.2, 0) is 0 Å². The first-order valence-corrected chi connectivity index (χ1v) is 8.17. The van der Waals surface area contributed by atoms with E-state index in [0.717, 1.165) is 17.0 Å². The van der Waals surface area contributed by atoms with E-state index in [2.05, 4.69) is 48.1 Å². The van der Waals surface area contributed by atoms with Gasteiger partial charge in [-0.05, 0) is 5.92 Å². The normalized spacial score (nSPS) is 13.5. The van der Waals surface area contributed by atoms with E-state index >= 15 is 0 Å². The van der Waals surface area contributed by atoms with E-state index in [-0.39, 0.29) is 0 Å². The minimum atomic E-state index is -0.967. The van der Waals surface area contributed by atoms with Gasteiger partial charge < -0.3 is 0 Å². The Morgan fingerprint density at radius 3 is 1.25 bits per heavy atom. The van der Waals surface area contributed by atoms with Crippen LogP contribution in [-0.4, -0.2) is 8.07 Å². The van der Waals surface area contributed by atoms with Crippen LogP contribution in [0.15, 0.2) is 0 Å². The summed E-state index contributed by atoms with van der Waals surface area (Å²) in [7, 11) is -0.967. The highest BCUT2D eigenvalue weighted by molar-refractivity contribution is 6.81. The average molecular weight is 186 g/mol. The van der Waals surface area contributed by atoms with Crippen LogP contribution in [0.1, 0.15) is 41.5 Å². The third kappa shape index (κ3) is 2.93. The Labute approximate surface area is 79.8 Å². The van der Waals surface area contributed by atoms with Gasteiger partial charge in [0.05, 0.1) is 8.07 Å². The molecule has 12 heavy (non-hydrogen) atoms. The molecule has 0 fully saturated rings. The van der Waals surface area contributed by atoms with Gasteiger partial charge in [0.2, 0.25) is 0 Å². The van der Waals surface area contributed by atoms with Crippen LogP contribution >= 0.6 is 0 Å². The quantitative estimate of drug-likeness (QED) is 0.565. The van der Waals surface area contributed by atoms with E-state index < -0.39 is 8.07 Å². The van der Waals surface area contributed by atoms with Crippen molar-refractivity contribution in [2.24, 2.45) is 5.92 Å². The topological polar surface area (TPSA) is 0 Å². The van der Waals surface area contributed by atoms with Crippen LogP contribution in [0.3, 0.4) is 0 Å². The van der Waals surface area contributed by atoms with Gasteiger partial charge in [0.25, 0.3) is 0 Å². The summed E-state index contributed by atoms with van der Waals surface area (Å²) in [5, 5.41) is 0. The molecular weight excluding hydrogens is 160 g/mol. The van der Waals surface area contributed by atoms with Crippen molar-refractivity contribution in [2.75, 3.05) is 0 Å². The monoisotopic (exact) mass is 186 g/mol. The minimum Gasteiger partial charge on any atom is -0.0688 e. The first kappa shape index (κ1) is 12.2. The summed E-state index contributed by atoms with van der Waals surface area (Å²) in [6.07, 6.45) is 0. The smallest absolute Gasteiger partial charge is 0.0558 e. The van der Waals surface area contributed by atoms with Crippen LogP contribution < -0.4 is 0 Å².